The maximum absolute atomic E-state index is 13.2. The Balaban J connectivity index is 1.77. The predicted molar refractivity (Wildman–Crippen MR) is 96.4 cm³/mol. The summed E-state index contributed by atoms with van der Waals surface area (Å²) in [6, 6.07) is 9.56. The van der Waals surface area contributed by atoms with Gasteiger partial charge in [-0.15, -0.1) is 0 Å². The number of piperazine rings is 1. The summed E-state index contributed by atoms with van der Waals surface area (Å²) >= 11 is 0.942. The molecular formula is C18H20F3N4OS+. The van der Waals surface area contributed by atoms with Gasteiger partial charge in [0.1, 0.15) is 5.69 Å². The number of hydrogen-bond acceptors (Lipinski definition) is 4. The molecule has 5 nitrogen and oxygen atoms in total. The second-order valence-corrected chi connectivity index (χ2v) is 7.35. The third-order valence-corrected chi connectivity index (χ3v) is 5.19. The Morgan fingerprint density at radius 1 is 1.19 bits per heavy atom. The summed E-state index contributed by atoms with van der Waals surface area (Å²) in [7, 11) is 2.07. The lowest BCUT2D eigenvalue weighted by molar-refractivity contribution is -0.883. The first-order valence-corrected chi connectivity index (χ1v) is 9.55. The van der Waals surface area contributed by atoms with Gasteiger partial charge in [-0.1, -0.05) is 42.1 Å². The number of nitrogens with one attached hydrogen (secondary N) is 1. The zero-order chi connectivity index (χ0) is 19.4. The number of nitrogens with zero attached hydrogens (tertiary/aromatic N) is 3. The first kappa shape index (κ1) is 19.6. The summed E-state index contributed by atoms with van der Waals surface area (Å²) in [6.07, 6.45) is -4.58. The van der Waals surface area contributed by atoms with Gasteiger partial charge in [0.2, 0.25) is 5.91 Å². The quantitative estimate of drug-likeness (QED) is 0.629. The van der Waals surface area contributed by atoms with Crippen LogP contribution in [0, 0.1) is 0 Å². The van der Waals surface area contributed by atoms with E-state index in [1.807, 2.05) is 0 Å². The van der Waals surface area contributed by atoms with Crippen LogP contribution < -0.4 is 4.90 Å². The largest absolute Gasteiger partial charge is 0.433 e. The monoisotopic (exact) mass is 397 g/mol. The third kappa shape index (κ3) is 5.20. The van der Waals surface area contributed by atoms with E-state index >= 15 is 0 Å². The first-order chi connectivity index (χ1) is 12.8. The van der Waals surface area contributed by atoms with Gasteiger partial charge in [0.25, 0.3) is 0 Å². The molecule has 9 heteroatoms. The van der Waals surface area contributed by atoms with Crippen molar-refractivity contribution >= 4 is 17.7 Å². The molecular weight excluding hydrogens is 377 g/mol. The Morgan fingerprint density at radius 2 is 1.85 bits per heavy atom. The molecule has 1 N–H and O–H groups in total. The maximum Gasteiger partial charge on any atom is 0.433 e. The SMILES string of the molecule is C[NH+]1CCN(C(=O)CSc2nc(-c3ccccc3)cc(C(F)(F)F)n2)CC1. The normalized spacial score (nSPS) is 15.8. The topological polar surface area (TPSA) is 50.5 Å². The highest BCUT2D eigenvalue weighted by Crippen LogP contribution is 2.32. The first-order valence-electron chi connectivity index (χ1n) is 8.56. The lowest BCUT2D eigenvalue weighted by Crippen LogP contribution is -3.12. The van der Waals surface area contributed by atoms with Crippen LogP contribution in [-0.2, 0) is 11.0 Å². The summed E-state index contributed by atoms with van der Waals surface area (Å²) < 4.78 is 39.6. The molecule has 0 unspecified atom stereocenters. The number of benzene rings is 1. The van der Waals surface area contributed by atoms with Gasteiger partial charge in [-0.25, -0.2) is 9.97 Å². The molecule has 1 amide bonds. The van der Waals surface area contributed by atoms with Crippen molar-refractivity contribution in [1.82, 2.24) is 14.9 Å². The Hall–Kier alpha value is -2.13. The number of hydrogen-bond donors (Lipinski definition) is 1. The molecule has 0 aliphatic carbocycles. The molecule has 2 heterocycles. The number of amides is 1. The summed E-state index contributed by atoms with van der Waals surface area (Å²) in [5.74, 6) is -0.0797. The van der Waals surface area contributed by atoms with Crippen LogP contribution in [-0.4, -0.2) is 59.8 Å². The minimum atomic E-state index is -4.58. The molecule has 0 spiro atoms. The summed E-state index contributed by atoms with van der Waals surface area (Å²) in [5.41, 5.74) is -0.244. The molecule has 1 aliphatic heterocycles. The lowest BCUT2D eigenvalue weighted by atomic mass is 10.1. The molecule has 3 rings (SSSR count). The summed E-state index contributed by atoms with van der Waals surface area (Å²) in [4.78, 5) is 23.3. The molecule has 2 aromatic rings. The van der Waals surface area contributed by atoms with E-state index in [1.165, 1.54) is 4.90 Å². The van der Waals surface area contributed by atoms with Gasteiger partial charge in [-0.2, -0.15) is 13.2 Å². The maximum atomic E-state index is 13.2. The van der Waals surface area contributed by atoms with E-state index in [4.69, 9.17) is 0 Å². The number of halogens is 3. The smallest absolute Gasteiger partial charge is 0.334 e. The van der Waals surface area contributed by atoms with E-state index in [0.29, 0.717) is 18.7 Å². The molecule has 0 saturated carbocycles. The van der Waals surface area contributed by atoms with Crippen LogP contribution in [0.15, 0.2) is 41.6 Å². The highest BCUT2D eigenvalue weighted by atomic mass is 32.2. The summed E-state index contributed by atoms with van der Waals surface area (Å²) in [6.45, 7) is 3.05. The van der Waals surface area contributed by atoms with Crippen LogP contribution in [0.4, 0.5) is 13.2 Å². The number of carbonyl (C=O) groups is 1. The van der Waals surface area contributed by atoms with Crippen molar-refractivity contribution in [2.24, 2.45) is 0 Å². The lowest BCUT2D eigenvalue weighted by Gasteiger charge is -2.29. The Labute approximate surface area is 159 Å². The van der Waals surface area contributed by atoms with E-state index in [1.54, 1.807) is 35.2 Å². The van der Waals surface area contributed by atoms with Gasteiger partial charge >= 0.3 is 6.18 Å². The van der Waals surface area contributed by atoms with Crippen molar-refractivity contribution in [3.63, 3.8) is 0 Å². The van der Waals surface area contributed by atoms with Crippen LogP contribution in [0.1, 0.15) is 5.69 Å². The van der Waals surface area contributed by atoms with Crippen molar-refractivity contribution in [3.05, 3.63) is 42.1 Å². The van der Waals surface area contributed by atoms with Crippen LogP contribution in [0.3, 0.4) is 0 Å². The van der Waals surface area contributed by atoms with E-state index in [9.17, 15) is 18.0 Å². The van der Waals surface area contributed by atoms with Gasteiger partial charge in [0.05, 0.1) is 44.7 Å². The van der Waals surface area contributed by atoms with Crippen molar-refractivity contribution in [2.45, 2.75) is 11.3 Å². The van der Waals surface area contributed by atoms with Crippen LogP contribution in [0.5, 0.6) is 0 Å². The molecule has 1 fully saturated rings. The summed E-state index contributed by atoms with van der Waals surface area (Å²) in [5, 5.41) is -0.0446. The predicted octanol–water partition coefficient (Wildman–Crippen LogP) is 1.61. The van der Waals surface area contributed by atoms with Gasteiger partial charge in [0, 0.05) is 5.56 Å². The van der Waals surface area contributed by atoms with Crippen LogP contribution >= 0.6 is 11.8 Å². The van der Waals surface area contributed by atoms with Gasteiger partial charge in [-0.3, -0.25) is 4.79 Å². The highest BCUT2D eigenvalue weighted by molar-refractivity contribution is 7.99. The molecule has 1 aromatic carbocycles. The molecule has 0 radical (unpaired) electrons. The molecule has 1 saturated heterocycles. The Bertz CT molecular complexity index is 793. The van der Waals surface area contributed by atoms with E-state index in [-0.39, 0.29) is 22.5 Å². The van der Waals surface area contributed by atoms with Crippen molar-refractivity contribution in [2.75, 3.05) is 39.0 Å². The average Bonchev–Trinajstić information content (AvgIpc) is 2.66. The number of thioether (sulfide) groups is 1. The molecule has 0 bridgehead atoms. The minimum absolute atomic E-state index is 0.0224. The highest BCUT2D eigenvalue weighted by Gasteiger charge is 2.34. The van der Waals surface area contributed by atoms with Crippen LogP contribution in [0.2, 0.25) is 0 Å². The van der Waals surface area contributed by atoms with E-state index in [2.05, 4.69) is 17.0 Å². The molecule has 1 aliphatic rings. The zero-order valence-corrected chi connectivity index (χ0v) is 15.6. The second kappa shape index (κ2) is 8.26. The van der Waals surface area contributed by atoms with Gasteiger partial charge < -0.3 is 9.80 Å². The molecule has 144 valence electrons. The average molecular weight is 397 g/mol. The van der Waals surface area contributed by atoms with Crippen molar-refractivity contribution < 1.29 is 22.9 Å². The van der Waals surface area contributed by atoms with Crippen LogP contribution in [0.25, 0.3) is 11.3 Å². The fourth-order valence-corrected chi connectivity index (χ4v) is 3.51. The molecule has 0 atom stereocenters. The fraction of sp³-hybridized carbons (Fsp3) is 0.389. The number of quaternary nitrogens is 1. The van der Waals surface area contributed by atoms with Gasteiger partial charge in [0.15, 0.2) is 5.16 Å². The second-order valence-electron chi connectivity index (χ2n) is 6.41. The Morgan fingerprint density at radius 3 is 2.48 bits per heavy atom. The van der Waals surface area contributed by atoms with E-state index < -0.39 is 11.9 Å². The van der Waals surface area contributed by atoms with E-state index in [0.717, 1.165) is 30.9 Å². The standard InChI is InChI=1S/C18H19F3N4OS/c1-24-7-9-25(10-8-24)16(26)12-27-17-22-14(13-5-3-2-4-6-13)11-15(23-17)18(19,20)21/h2-6,11H,7-10,12H2,1H3/p+1. The third-order valence-electron chi connectivity index (χ3n) is 4.36. The number of likely N-dealkylation sites (N-methyl/N-ethyl adjacent to an activating group) is 1. The van der Waals surface area contributed by atoms with Crippen molar-refractivity contribution in [1.29, 1.82) is 0 Å². The van der Waals surface area contributed by atoms with Gasteiger partial charge in [-0.05, 0) is 6.07 Å². The number of rotatable bonds is 4. The zero-order valence-electron chi connectivity index (χ0n) is 14.8. The number of carbonyl (C=O) groups excluding carboxylic acids is 1. The number of aromatic nitrogens is 2. The van der Waals surface area contributed by atoms with Crippen molar-refractivity contribution in [3.8, 4) is 11.3 Å². The fourth-order valence-electron chi connectivity index (χ4n) is 2.75. The molecule has 27 heavy (non-hydrogen) atoms. The molecule has 1 aromatic heterocycles. The number of alkyl halides is 3. The Kier molecular flexibility index (Phi) is 6.01. The minimum Gasteiger partial charge on any atom is -0.334 e.